The van der Waals surface area contributed by atoms with Gasteiger partial charge >= 0.3 is 0 Å². The third-order valence-electron chi connectivity index (χ3n) is 1.43. The summed E-state index contributed by atoms with van der Waals surface area (Å²) in [5, 5.41) is 0. The Morgan fingerprint density at radius 2 is 1.64 bits per heavy atom. The van der Waals surface area contributed by atoms with E-state index in [1.165, 1.54) is 25.9 Å². The second kappa shape index (κ2) is 12.5. The van der Waals surface area contributed by atoms with Crippen LogP contribution in [-0.2, 0) is 0 Å². The molecular weight excluding hydrogens is 148 g/mol. The Morgan fingerprint density at radius 1 is 1.18 bits per heavy atom. The quantitative estimate of drug-likeness (QED) is 0.622. The molecule has 0 N–H and O–H groups in total. The summed E-state index contributed by atoms with van der Waals surface area (Å²) in [7, 11) is 2.16. The van der Waals surface area contributed by atoms with E-state index in [2.05, 4.69) is 25.8 Å². The third kappa shape index (κ3) is 17.7. The van der Waals surface area contributed by atoms with Crippen molar-refractivity contribution in [1.82, 2.24) is 4.90 Å². The summed E-state index contributed by atoms with van der Waals surface area (Å²) < 4.78 is 19.2. The van der Waals surface area contributed by atoms with Crippen LogP contribution in [0.3, 0.4) is 0 Å². The molecule has 0 aromatic heterocycles. The first-order chi connectivity index (χ1) is 5.22. The van der Waals surface area contributed by atoms with Gasteiger partial charge in [-0.15, -0.1) is 0 Å². The van der Waals surface area contributed by atoms with Gasteiger partial charge in [0.1, 0.15) is 0 Å². The largest absolute Gasteiger partial charge is 0.307 e. The van der Waals surface area contributed by atoms with E-state index in [0.29, 0.717) is 0 Å². The number of unbranched alkanes of at least 4 members (excludes halogenated alkanes) is 1. The summed E-state index contributed by atoms with van der Waals surface area (Å²) in [6.07, 6.45) is 2.65. The normalized spacial score (nSPS) is 9.27. The number of halogens is 2. The molecule has 0 fully saturated rings. The van der Waals surface area contributed by atoms with Crippen LogP contribution in [0, 0.1) is 0 Å². The fraction of sp³-hybridized carbons (Fsp3) is 1.00. The maximum atomic E-state index is 9.62. The van der Waals surface area contributed by atoms with Crippen molar-refractivity contribution in [2.75, 3.05) is 27.1 Å². The van der Waals surface area contributed by atoms with Crippen LogP contribution < -0.4 is 0 Å². The highest BCUT2D eigenvalue weighted by Gasteiger charge is 1.89. The van der Waals surface area contributed by atoms with Crippen molar-refractivity contribution >= 4 is 0 Å². The van der Waals surface area contributed by atoms with Gasteiger partial charge in [-0.2, -0.15) is 0 Å². The Bertz CT molecular complexity index is 60.1. The molecule has 0 unspecified atom stereocenters. The number of rotatable bonds is 4. The van der Waals surface area contributed by atoms with Crippen molar-refractivity contribution in [3.63, 3.8) is 0 Å². The van der Waals surface area contributed by atoms with Crippen LogP contribution in [0.15, 0.2) is 0 Å². The molecule has 70 valence electrons. The third-order valence-corrected chi connectivity index (χ3v) is 1.43. The molecule has 0 aromatic carbocycles. The number of nitrogens with zero attached hydrogens (tertiary/aromatic N) is 1. The molecule has 0 saturated carbocycles. The fourth-order valence-electron chi connectivity index (χ4n) is 0.586. The molecule has 0 heterocycles. The van der Waals surface area contributed by atoms with Crippen molar-refractivity contribution in [2.24, 2.45) is 0 Å². The predicted octanol–water partition coefficient (Wildman–Crippen LogP) is 2.62. The molecule has 0 aliphatic heterocycles. The molecule has 0 atom stereocenters. The zero-order valence-electron chi connectivity index (χ0n) is 7.74. The molecule has 0 aliphatic carbocycles. The highest BCUT2D eigenvalue weighted by Crippen LogP contribution is 1.89. The monoisotopic (exact) mass is 167 g/mol. The minimum absolute atomic E-state index is 1.18. The molecule has 0 radical (unpaired) electrons. The molecule has 11 heavy (non-hydrogen) atoms. The fourth-order valence-corrected chi connectivity index (χ4v) is 0.586. The molecule has 0 aliphatic rings. The van der Waals surface area contributed by atoms with Gasteiger partial charge in [0.05, 0.1) is 0 Å². The summed E-state index contributed by atoms with van der Waals surface area (Å²) in [6, 6.07) is 0. The van der Waals surface area contributed by atoms with Gasteiger partial charge in [0.2, 0.25) is 6.93 Å². The lowest BCUT2D eigenvalue weighted by molar-refractivity contribution is 0.295. The topological polar surface area (TPSA) is 3.24 Å². The van der Waals surface area contributed by atoms with E-state index in [1.54, 1.807) is 0 Å². The zero-order chi connectivity index (χ0) is 9.11. The highest BCUT2D eigenvalue weighted by atomic mass is 19.3. The molecule has 0 amide bonds. The van der Waals surface area contributed by atoms with Crippen molar-refractivity contribution in [3.05, 3.63) is 0 Å². The van der Waals surface area contributed by atoms with Crippen LogP contribution in [0.1, 0.15) is 26.7 Å². The van der Waals surface area contributed by atoms with Gasteiger partial charge in [-0.25, -0.2) is 8.78 Å². The summed E-state index contributed by atoms with van der Waals surface area (Å²) >= 11 is 0. The second-order valence-corrected chi connectivity index (χ2v) is 2.35. The van der Waals surface area contributed by atoms with E-state index in [4.69, 9.17) is 0 Å². The van der Waals surface area contributed by atoms with Gasteiger partial charge in [0, 0.05) is 0 Å². The van der Waals surface area contributed by atoms with Crippen LogP contribution >= 0.6 is 0 Å². The van der Waals surface area contributed by atoms with Crippen molar-refractivity contribution in [1.29, 1.82) is 0 Å². The average molecular weight is 167 g/mol. The van der Waals surface area contributed by atoms with Crippen molar-refractivity contribution in [3.8, 4) is 0 Å². The number of hydrogen-bond acceptors (Lipinski definition) is 1. The van der Waals surface area contributed by atoms with E-state index >= 15 is 0 Å². The maximum Gasteiger partial charge on any atom is 0.229 e. The van der Waals surface area contributed by atoms with Gasteiger partial charge in [0.15, 0.2) is 0 Å². The van der Waals surface area contributed by atoms with E-state index in [0.717, 1.165) is 0 Å². The minimum atomic E-state index is -1.75. The summed E-state index contributed by atoms with van der Waals surface area (Å²) in [5.41, 5.74) is 0. The Kier molecular flexibility index (Phi) is 15.2. The van der Waals surface area contributed by atoms with Crippen LogP contribution in [0.4, 0.5) is 8.78 Å². The van der Waals surface area contributed by atoms with Crippen LogP contribution in [0.25, 0.3) is 0 Å². The van der Waals surface area contributed by atoms with Gasteiger partial charge in [-0.1, -0.05) is 20.3 Å². The van der Waals surface area contributed by atoms with Crippen molar-refractivity contribution < 1.29 is 8.78 Å². The minimum Gasteiger partial charge on any atom is -0.307 e. The van der Waals surface area contributed by atoms with Crippen LogP contribution in [-0.4, -0.2) is 32.0 Å². The molecule has 0 aromatic rings. The summed E-state index contributed by atoms with van der Waals surface area (Å²) in [4.78, 5) is 2.34. The summed E-state index contributed by atoms with van der Waals surface area (Å²) in [5.74, 6) is 0. The Hall–Kier alpha value is -0.180. The van der Waals surface area contributed by atoms with E-state index in [-0.39, 0.29) is 0 Å². The van der Waals surface area contributed by atoms with E-state index in [1.807, 2.05) is 0 Å². The smallest absolute Gasteiger partial charge is 0.229 e. The first-order valence-corrected chi connectivity index (χ1v) is 4.03. The van der Waals surface area contributed by atoms with Gasteiger partial charge in [-0.05, 0) is 26.6 Å². The first-order valence-electron chi connectivity index (χ1n) is 4.03. The molecule has 0 saturated heterocycles. The van der Waals surface area contributed by atoms with Crippen LogP contribution in [0.2, 0.25) is 0 Å². The lowest BCUT2D eigenvalue weighted by Gasteiger charge is -2.11. The molecule has 0 rings (SSSR count). The second-order valence-electron chi connectivity index (χ2n) is 2.35. The predicted molar refractivity (Wildman–Crippen MR) is 45.2 cm³/mol. The summed E-state index contributed by atoms with van der Waals surface area (Å²) in [6.45, 7) is 5.10. The van der Waals surface area contributed by atoms with Gasteiger partial charge < -0.3 is 4.90 Å². The number of alkyl halides is 2. The molecular formula is C8H19F2N. The zero-order valence-corrected chi connectivity index (χ0v) is 7.74. The first kappa shape index (κ1) is 13.4. The average Bonchev–Trinajstić information content (AvgIpc) is 2.02. The van der Waals surface area contributed by atoms with Gasteiger partial charge in [0.25, 0.3) is 0 Å². The van der Waals surface area contributed by atoms with E-state index in [9.17, 15) is 8.78 Å². The molecule has 3 heteroatoms. The maximum absolute atomic E-state index is 9.62. The Balaban J connectivity index is 0. The Labute approximate surface area is 68.4 Å². The lowest BCUT2D eigenvalue weighted by Crippen LogP contribution is -2.18. The number of hydrogen-bond donors (Lipinski definition) is 0. The molecule has 0 spiro atoms. The molecule has 1 nitrogen and oxygen atoms in total. The lowest BCUT2D eigenvalue weighted by atomic mass is 10.3. The highest BCUT2D eigenvalue weighted by molar-refractivity contribution is 4.44. The SMILES string of the molecule is CCCCN(C)CC.FCF. The van der Waals surface area contributed by atoms with Crippen molar-refractivity contribution in [2.45, 2.75) is 26.7 Å². The standard InChI is InChI=1S/C7H17N.CH2F2/c1-4-6-7-8(3)5-2;2-1-3/h4-7H2,1-3H3;1H2. The Morgan fingerprint density at radius 3 is 1.91 bits per heavy atom. The van der Waals surface area contributed by atoms with Crippen LogP contribution in [0.5, 0.6) is 0 Å². The van der Waals surface area contributed by atoms with E-state index < -0.39 is 6.93 Å². The van der Waals surface area contributed by atoms with Gasteiger partial charge in [-0.3, -0.25) is 0 Å². The molecule has 0 bridgehead atoms.